The molecular formula is C22H23ClN4O5S. The van der Waals surface area contributed by atoms with E-state index in [1.165, 1.54) is 23.5 Å². The first-order valence-corrected chi connectivity index (χ1v) is 12.0. The zero-order chi connectivity index (χ0) is 23.6. The van der Waals surface area contributed by atoms with Gasteiger partial charge in [-0.05, 0) is 36.4 Å². The molecule has 174 valence electrons. The van der Waals surface area contributed by atoms with Gasteiger partial charge in [-0.15, -0.1) is 0 Å². The maximum Gasteiger partial charge on any atom is 0.271 e. The van der Waals surface area contributed by atoms with Crippen LogP contribution >= 0.6 is 11.6 Å². The van der Waals surface area contributed by atoms with Crippen molar-refractivity contribution in [3.05, 3.63) is 59.2 Å². The second-order valence-corrected chi connectivity index (χ2v) is 9.73. The van der Waals surface area contributed by atoms with Crippen LogP contribution < -0.4 is 9.47 Å². The highest BCUT2D eigenvalue weighted by Crippen LogP contribution is 2.30. The van der Waals surface area contributed by atoms with Crippen LogP contribution in [-0.2, 0) is 10.0 Å². The van der Waals surface area contributed by atoms with Crippen molar-refractivity contribution in [2.24, 2.45) is 0 Å². The van der Waals surface area contributed by atoms with Gasteiger partial charge in [0.2, 0.25) is 10.0 Å². The molecule has 2 aromatic carbocycles. The lowest BCUT2D eigenvalue weighted by Crippen LogP contribution is -2.50. The number of ether oxygens (including phenoxy) is 2. The molecule has 0 atom stereocenters. The average molecular weight is 491 g/mol. The number of carbonyl (C=O) groups is 1. The van der Waals surface area contributed by atoms with Crippen molar-refractivity contribution in [3.8, 4) is 22.8 Å². The molecule has 9 nitrogen and oxygen atoms in total. The van der Waals surface area contributed by atoms with Gasteiger partial charge in [0.25, 0.3) is 5.91 Å². The molecule has 0 aliphatic carbocycles. The van der Waals surface area contributed by atoms with Crippen LogP contribution in [0.25, 0.3) is 11.3 Å². The third-order valence-electron chi connectivity index (χ3n) is 5.44. The summed E-state index contributed by atoms with van der Waals surface area (Å²) in [6.45, 7) is 0.796. The number of halogens is 1. The topological polar surface area (TPSA) is 105 Å². The lowest BCUT2D eigenvalue weighted by molar-refractivity contribution is 0.0692. The number of aromatic nitrogens is 2. The Labute approximate surface area is 196 Å². The van der Waals surface area contributed by atoms with Crippen molar-refractivity contribution in [1.29, 1.82) is 0 Å². The maximum absolute atomic E-state index is 13.1. The number of benzene rings is 2. The second-order valence-electron chi connectivity index (χ2n) is 7.39. The third-order valence-corrected chi connectivity index (χ3v) is 7.60. The van der Waals surface area contributed by atoms with E-state index in [9.17, 15) is 13.2 Å². The average Bonchev–Trinajstić information content (AvgIpc) is 3.34. The van der Waals surface area contributed by atoms with E-state index in [2.05, 4.69) is 10.2 Å². The molecule has 4 rings (SSSR count). The quantitative estimate of drug-likeness (QED) is 0.569. The van der Waals surface area contributed by atoms with Gasteiger partial charge in [-0.1, -0.05) is 23.7 Å². The molecule has 3 aromatic rings. The van der Waals surface area contributed by atoms with Gasteiger partial charge in [0.1, 0.15) is 22.1 Å². The number of H-pyrrole nitrogens is 1. The molecule has 1 amide bonds. The Kier molecular flexibility index (Phi) is 6.59. The largest absolute Gasteiger partial charge is 0.497 e. The van der Waals surface area contributed by atoms with Gasteiger partial charge >= 0.3 is 0 Å². The molecule has 1 aromatic heterocycles. The lowest BCUT2D eigenvalue weighted by atomic mass is 10.1. The minimum Gasteiger partial charge on any atom is -0.497 e. The highest BCUT2D eigenvalue weighted by Gasteiger charge is 2.33. The van der Waals surface area contributed by atoms with E-state index in [1.807, 2.05) is 24.3 Å². The summed E-state index contributed by atoms with van der Waals surface area (Å²) in [5.74, 6) is 0.673. The number of hydrogen-bond donors (Lipinski definition) is 1. The molecule has 1 aliphatic heterocycles. The first-order chi connectivity index (χ1) is 15.8. The third kappa shape index (κ3) is 4.68. The summed E-state index contributed by atoms with van der Waals surface area (Å²) < 4.78 is 38.0. The van der Waals surface area contributed by atoms with Crippen molar-refractivity contribution in [2.75, 3.05) is 40.4 Å². The minimum absolute atomic E-state index is 0.00813. The van der Waals surface area contributed by atoms with Gasteiger partial charge in [0.05, 0.1) is 19.9 Å². The number of rotatable bonds is 6. The zero-order valence-electron chi connectivity index (χ0n) is 18.1. The van der Waals surface area contributed by atoms with E-state index in [-0.39, 0.29) is 42.7 Å². The van der Waals surface area contributed by atoms with E-state index in [0.29, 0.717) is 22.2 Å². The Hall–Kier alpha value is -3.08. The number of piperazine rings is 1. The summed E-state index contributed by atoms with van der Waals surface area (Å²) in [6, 6.07) is 13.5. The maximum atomic E-state index is 13.1. The van der Waals surface area contributed by atoms with Gasteiger partial charge < -0.3 is 14.4 Å². The molecule has 1 aliphatic rings. The van der Waals surface area contributed by atoms with E-state index < -0.39 is 10.0 Å². The summed E-state index contributed by atoms with van der Waals surface area (Å²) in [4.78, 5) is 14.6. The number of amides is 1. The Morgan fingerprint density at radius 3 is 2.48 bits per heavy atom. The highest BCUT2D eigenvalue weighted by atomic mass is 35.5. The fourth-order valence-corrected chi connectivity index (χ4v) is 5.50. The highest BCUT2D eigenvalue weighted by molar-refractivity contribution is 7.89. The minimum atomic E-state index is -3.83. The molecule has 11 heteroatoms. The standard InChI is InChI=1S/C22H23ClN4O5S/c1-31-17-5-3-4-15(12-17)18-14-19(25-24-18)22(28)26-8-10-27(11-9-26)33(29,30)21-13-16(23)6-7-20(21)32-2/h3-7,12-14H,8-11H2,1-2H3,(H,24,25). The monoisotopic (exact) mass is 490 g/mol. The Morgan fingerprint density at radius 1 is 1.03 bits per heavy atom. The first-order valence-electron chi connectivity index (χ1n) is 10.2. The van der Waals surface area contributed by atoms with Crippen LogP contribution in [0.1, 0.15) is 10.5 Å². The zero-order valence-corrected chi connectivity index (χ0v) is 19.7. The van der Waals surface area contributed by atoms with Crippen molar-refractivity contribution >= 4 is 27.5 Å². The smallest absolute Gasteiger partial charge is 0.271 e. The van der Waals surface area contributed by atoms with Crippen molar-refractivity contribution in [1.82, 2.24) is 19.4 Å². The van der Waals surface area contributed by atoms with Crippen molar-refractivity contribution in [2.45, 2.75) is 4.90 Å². The molecule has 1 fully saturated rings. The normalized spacial score (nSPS) is 14.8. The molecule has 0 spiro atoms. The Morgan fingerprint density at radius 2 is 1.79 bits per heavy atom. The van der Waals surface area contributed by atoms with Gasteiger partial charge in [-0.3, -0.25) is 9.89 Å². The number of aromatic amines is 1. The molecular weight excluding hydrogens is 468 g/mol. The van der Waals surface area contributed by atoms with E-state index in [1.54, 1.807) is 24.1 Å². The molecule has 0 radical (unpaired) electrons. The van der Waals surface area contributed by atoms with Gasteiger partial charge in [-0.25, -0.2) is 8.42 Å². The lowest BCUT2D eigenvalue weighted by Gasteiger charge is -2.34. The van der Waals surface area contributed by atoms with E-state index in [4.69, 9.17) is 21.1 Å². The number of carbonyl (C=O) groups excluding carboxylic acids is 1. The van der Waals surface area contributed by atoms with Crippen LogP contribution in [0.3, 0.4) is 0 Å². The summed E-state index contributed by atoms with van der Waals surface area (Å²) in [5.41, 5.74) is 1.77. The van der Waals surface area contributed by atoms with Crippen LogP contribution in [0.5, 0.6) is 11.5 Å². The number of nitrogens with one attached hydrogen (secondary N) is 1. The summed E-state index contributed by atoms with van der Waals surface area (Å²) in [5, 5.41) is 7.32. The molecule has 0 bridgehead atoms. The van der Waals surface area contributed by atoms with Crippen LogP contribution in [0.4, 0.5) is 0 Å². The Bertz CT molecular complexity index is 1270. The van der Waals surface area contributed by atoms with Crippen LogP contribution in [-0.4, -0.2) is 74.1 Å². The fraction of sp³-hybridized carbons (Fsp3) is 0.273. The number of methoxy groups -OCH3 is 2. The molecule has 1 N–H and O–H groups in total. The number of sulfonamides is 1. The molecule has 2 heterocycles. The number of hydrogen-bond acceptors (Lipinski definition) is 6. The summed E-state index contributed by atoms with van der Waals surface area (Å²) in [7, 11) is -0.836. The SMILES string of the molecule is COc1cccc(-c2cc(C(=O)N3CCN(S(=O)(=O)c4cc(Cl)ccc4OC)CC3)[nH]n2)c1. The van der Waals surface area contributed by atoms with Crippen LogP contribution in [0.2, 0.25) is 5.02 Å². The predicted octanol–water partition coefficient (Wildman–Crippen LogP) is 2.89. The Balaban J connectivity index is 1.46. The number of nitrogens with zero attached hydrogens (tertiary/aromatic N) is 3. The molecule has 33 heavy (non-hydrogen) atoms. The fourth-order valence-electron chi connectivity index (χ4n) is 3.65. The summed E-state index contributed by atoms with van der Waals surface area (Å²) in [6.07, 6.45) is 0. The molecule has 1 saturated heterocycles. The van der Waals surface area contributed by atoms with Gasteiger partial charge in [0, 0.05) is 36.8 Å². The molecule has 0 saturated carbocycles. The predicted molar refractivity (Wildman–Crippen MR) is 123 cm³/mol. The van der Waals surface area contributed by atoms with E-state index in [0.717, 1.165) is 5.56 Å². The van der Waals surface area contributed by atoms with Gasteiger partial charge in [0.15, 0.2) is 0 Å². The van der Waals surface area contributed by atoms with Crippen molar-refractivity contribution in [3.63, 3.8) is 0 Å². The second kappa shape index (κ2) is 9.42. The van der Waals surface area contributed by atoms with E-state index >= 15 is 0 Å². The molecule has 0 unspecified atom stereocenters. The van der Waals surface area contributed by atoms with Crippen LogP contribution in [0, 0.1) is 0 Å². The van der Waals surface area contributed by atoms with Crippen LogP contribution in [0.15, 0.2) is 53.4 Å². The first kappa shape index (κ1) is 23.1. The van der Waals surface area contributed by atoms with Crippen molar-refractivity contribution < 1.29 is 22.7 Å². The van der Waals surface area contributed by atoms with Gasteiger partial charge in [-0.2, -0.15) is 9.40 Å². The summed E-state index contributed by atoms with van der Waals surface area (Å²) >= 11 is 6.01.